The molecule has 0 amide bonds. The maximum absolute atomic E-state index is 6.51. The number of nitrogens with one attached hydrogen (secondary N) is 1. The van der Waals surface area contributed by atoms with Gasteiger partial charge in [0.05, 0.1) is 11.6 Å². The van der Waals surface area contributed by atoms with Gasteiger partial charge in [0, 0.05) is 28.7 Å². The van der Waals surface area contributed by atoms with Gasteiger partial charge in [-0.15, -0.1) is 0 Å². The third kappa shape index (κ3) is 6.03. The number of benzene rings is 3. The normalized spacial score (nSPS) is 10.8. The van der Waals surface area contributed by atoms with Gasteiger partial charge in [0.2, 0.25) is 0 Å². The van der Waals surface area contributed by atoms with Crippen molar-refractivity contribution >= 4 is 34.8 Å². The van der Waals surface area contributed by atoms with Crippen molar-refractivity contribution in [3.63, 3.8) is 0 Å². The van der Waals surface area contributed by atoms with Crippen molar-refractivity contribution in [1.82, 2.24) is 5.32 Å². The monoisotopic (exact) mass is 449 g/mol. The second-order valence-electron chi connectivity index (χ2n) is 6.42. The van der Waals surface area contributed by atoms with Crippen molar-refractivity contribution in [2.24, 2.45) is 0 Å². The van der Waals surface area contributed by atoms with E-state index in [4.69, 9.17) is 44.3 Å². The van der Waals surface area contributed by atoms with Crippen LogP contribution < -0.4 is 14.8 Å². The van der Waals surface area contributed by atoms with Gasteiger partial charge in [0.1, 0.15) is 6.61 Å². The zero-order valence-corrected chi connectivity index (χ0v) is 18.3. The van der Waals surface area contributed by atoms with Gasteiger partial charge in [-0.05, 0) is 42.3 Å². The molecule has 0 aromatic heterocycles. The van der Waals surface area contributed by atoms with Crippen LogP contribution in [0.4, 0.5) is 0 Å². The van der Waals surface area contributed by atoms with Crippen LogP contribution in [-0.4, -0.2) is 6.61 Å². The fourth-order valence-corrected chi connectivity index (χ4v) is 3.68. The second-order valence-corrected chi connectivity index (χ2v) is 7.64. The van der Waals surface area contributed by atoms with E-state index < -0.39 is 0 Å². The highest BCUT2D eigenvalue weighted by Crippen LogP contribution is 2.38. The maximum atomic E-state index is 6.51. The number of ether oxygens (including phenoxy) is 2. The van der Waals surface area contributed by atoms with E-state index in [0.29, 0.717) is 45.3 Å². The molecule has 0 radical (unpaired) electrons. The molecule has 152 valence electrons. The van der Waals surface area contributed by atoms with Crippen LogP contribution in [0.2, 0.25) is 15.1 Å². The van der Waals surface area contributed by atoms with E-state index >= 15 is 0 Å². The summed E-state index contributed by atoms with van der Waals surface area (Å²) in [4.78, 5) is 0. The van der Waals surface area contributed by atoms with E-state index in [-0.39, 0.29) is 6.61 Å². The zero-order chi connectivity index (χ0) is 20.6. The molecule has 0 bridgehead atoms. The molecule has 0 aliphatic carbocycles. The molecule has 0 aliphatic heterocycles. The summed E-state index contributed by atoms with van der Waals surface area (Å²) < 4.78 is 11.7. The fourth-order valence-electron chi connectivity index (χ4n) is 2.89. The Balaban J connectivity index is 1.72. The molecule has 29 heavy (non-hydrogen) atoms. The van der Waals surface area contributed by atoms with Crippen molar-refractivity contribution in [3.8, 4) is 11.5 Å². The summed E-state index contributed by atoms with van der Waals surface area (Å²) in [5.74, 6) is 1.08. The van der Waals surface area contributed by atoms with E-state index in [2.05, 4.69) is 17.4 Å². The molecule has 0 unspecified atom stereocenters. The molecule has 0 spiro atoms. The fraction of sp³-hybridized carbons (Fsp3) is 0.217. The zero-order valence-electron chi connectivity index (χ0n) is 16.1. The lowest BCUT2D eigenvalue weighted by Crippen LogP contribution is -2.13. The van der Waals surface area contributed by atoms with Crippen LogP contribution >= 0.6 is 34.8 Å². The standard InChI is InChI=1S/C23H22Cl3NO2/c1-2-28-22-12-17(14-27-13-16-7-4-3-5-8-16)11-21(26)23(22)29-15-18-19(24)9-6-10-20(18)25/h3-12,27H,2,13-15H2,1H3. The predicted octanol–water partition coefficient (Wildman–Crippen LogP) is 6.91. The third-order valence-corrected chi connectivity index (χ3v) is 5.28. The Hall–Kier alpha value is -1.91. The van der Waals surface area contributed by atoms with Crippen LogP contribution in [-0.2, 0) is 19.7 Å². The second kappa shape index (κ2) is 10.7. The third-order valence-electron chi connectivity index (χ3n) is 4.29. The molecule has 3 aromatic rings. The molecule has 3 rings (SSSR count). The minimum Gasteiger partial charge on any atom is -0.490 e. The van der Waals surface area contributed by atoms with Crippen molar-refractivity contribution < 1.29 is 9.47 Å². The Kier molecular flexibility index (Phi) is 8.08. The van der Waals surface area contributed by atoms with Gasteiger partial charge in [-0.2, -0.15) is 0 Å². The summed E-state index contributed by atoms with van der Waals surface area (Å²) >= 11 is 19.0. The number of rotatable bonds is 9. The summed E-state index contributed by atoms with van der Waals surface area (Å²) in [7, 11) is 0. The van der Waals surface area contributed by atoms with Crippen LogP contribution in [0.15, 0.2) is 60.7 Å². The first kappa shape index (κ1) is 21.8. The molecule has 0 fully saturated rings. The van der Waals surface area contributed by atoms with Gasteiger partial charge in [-0.25, -0.2) is 0 Å². The molecule has 1 N–H and O–H groups in total. The van der Waals surface area contributed by atoms with Gasteiger partial charge in [-0.1, -0.05) is 71.2 Å². The minimum atomic E-state index is 0.198. The molecule has 3 nitrogen and oxygen atoms in total. The van der Waals surface area contributed by atoms with Crippen molar-refractivity contribution in [2.75, 3.05) is 6.61 Å². The highest BCUT2D eigenvalue weighted by atomic mass is 35.5. The van der Waals surface area contributed by atoms with Crippen molar-refractivity contribution in [3.05, 3.63) is 92.4 Å². The van der Waals surface area contributed by atoms with Gasteiger partial charge in [-0.3, -0.25) is 0 Å². The lowest BCUT2D eigenvalue weighted by Gasteiger charge is -2.16. The Morgan fingerprint density at radius 2 is 1.45 bits per heavy atom. The Bertz CT molecular complexity index is 928. The molecule has 0 saturated heterocycles. The average molecular weight is 451 g/mol. The van der Waals surface area contributed by atoms with Gasteiger partial charge in [0.15, 0.2) is 11.5 Å². The van der Waals surface area contributed by atoms with E-state index in [1.54, 1.807) is 18.2 Å². The van der Waals surface area contributed by atoms with Gasteiger partial charge in [0.25, 0.3) is 0 Å². The largest absolute Gasteiger partial charge is 0.490 e. The molecule has 0 atom stereocenters. The molecule has 6 heteroatoms. The Labute approximate surface area is 186 Å². The lowest BCUT2D eigenvalue weighted by molar-refractivity contribution is 0.269. The first-order chi connectivity index (χ1) is 14.1. The minimum absolute atomic E-state index is 0.198. The molecular formula is C23H22Cl3NO2. The molecule has 3 aromatic carbocycles. The van der Waals surface area contributed by atoms with Crippen LogP contribution in [0.25, 0.3) is 0 Å². The number of hydrogen-bond acceptors (Lipinski definition) is 3. The SMILES string of the molecule is CCOc1cc(CNCc2ccccc2)cc(Cl)c1OCc1c(Cl)cccc1Cl. The average Bonchev–Trinajstić information content (AvgIpc) is 2.70. The number of hydrogen-bond donors (Lipinski definition) is 1. The Morgan fingerprint density at radius 1 is 0.759 bits per heavy atom. The lowest BCUT2D eigenvalue weighted by atomic mass is 10.1. The smallest absolute Gasteiger partial charge is 0.180 e. The van der Waals surface area contributed by atoms with E-state index in [0.717, 1.165) is 12.1 Å². The van der Waals surface area contributed by atoms with Crippen molar-refractivity contribution in [1.29, 1.82) is 0 Å². The van der Waals surface area contributed by atoms with E-state index in [1.807, 2.05) is 37.3 Å². The summed E-state index contributed by atoms with van der Waals surface area (Å²) in [5.41, 5.74) is 2.95. The summed E-state index contributed by atoms with van der Waals surface area (Å²) in [6.45, 7) is 4.05. The molecular weight excluding hydrogens is 429 g/mol. The van der Waals surface area contributed by atoms with Crippen LogP contribution in [0.1, 0.15) is 23.6 Å². The highest BCUT2D eigenvalue weighted by Gasteiger charge is 2.15. The predicted molar refractivity (Wildman–Crippen MR) is 120 cm³/mol. The van der Waals surface area contributed by atoms with Crippen molar-refractivity contribution in [2.45, 2.75) is 26.6 Å². The summed E-state index contributed by atoms with van der Waals surface area (Å²) in [6.07, 6.45) is 0. The molecule has 0 saturated carbocycles. The first-order valence-corrected chi connectivity index (χ1v) is 10.5. The first-order valence-electron chi connectivity index (χ1n) is 9.34. The topological polar surface area (TPSA) is 30.5 Å². The van der Waals surface area contributed by atoms with Gasteiger partial charge < -0.3 is 14.8 Å². The quantitative estimate of drug-likeness (QED) is 0.384. The molecule has 0 aliphatic rings. The van der Waals surface area contributed by atoms with Gasteiger partial charge >= 0.3 is 0 Å². The van der Waals surface area contributed by atoms with E-state index in [1.165, 1.54) is 5.56 Å². The van der Waals surface area contributed by atoms with Crippen LogP contribution in [0, 0.1) is 0 Å². The maximum Gasteiger partial charge on any atom is 0.180 e. The number of halogens is 3. The molecule has 0 heterocycles. The highest BCUT2D eigenvalue weighted by molar-refractivity contribution is 6.36. The van der Waals surface area contributed by atoms with Crippen LogP contribution in [0.3, 0.4) is 0 Å². The Morgan fingerprint density at radius 3 is 2.14 bits per heavy atom. The van der Waals surface area contributed by atoms with Crippen LogP contribution in [0.5, 0.6) is 11.5 Å². The summed E-state index contributed by atoms with van der Waals surface area (Å²) in [5, 5.41) is 5.00. The summed E-state index contributed by atoms with van der Waals surface area (Å²) in [6, 6.07) is 19.4. The van der Waals surface area contributed by atoms with E-state index in [9.17, 15) is 0 Å².